The lowest BCUT2D eigenvalue weighted by atomic mass is 9.80. The van der Waals surface area contributed by atoms with Gasteiger partial charge in [-0.1, -0.05) is 6.07 Å². The van der Waals surface area contributed by atoms with Crippen molar-refractivity contribution in [2.75, 3.05) is 36.4 Å². The van der Waals surface area contributed by atoms with Crippen LogP contribution < -0.4 is 15.5 Å². The summed E-state index contributed by atoms with van der Waals surface area (Å²) in [4.78, 5) is 16.3. The van der Waals surface area contributed by atoms with Crippen LogP contribution in [0.5, 0.6) is 0 Å². The summed E-state index contributed by atoms with van der Waals surface area (Å²) in [5.41, 5.74) is 4.91. The van der Waals surface area contributed by atoms with Crippen molar-refractivity contribution in [3.05, 3.63) is 41.1 Å². The maximum atomic E-state index is 4.83. The summed E-state index contributed by atoms with van der Waals surface area (Å²) >= 11 is 0. The second-order valence-electron chi connectivity index (χ2n) is 8.15. The number of anilines is 3. The summed E-state index contributed by atoms with van der Waals surface area (Å²) in [5, 5.41) is 7.03. The Labute approximate surface area is 160 Å². The van der Waals surface area contributed by atoms with E-state index in [0.29, 0.717) is 5.41 Å². The molecule has 6 nitrogen and oxygen atoms in total. The summed E-state index contributed by atoms with van der Waals surface area (Å²) in [6.45, 7) is 7.20. The van der Waals surface area contributed by atoms with Gasteiger partial charge in [0.05, 0.1) is 6.54 Å². The number of aliphatic imine (C=N–C) groups is 1. The standard InChI is InChI=1S/C21H26N6/c1-15-9-19(25-18-4-3-16-11-23-12-17(16)10-18)26-20(24-15)27-8-6-21(14-27)5-2-7-22-13-21/h3-4,9-10,12,22H,2,5-8,11,13-14H2,1H3,(H,24,25,26). The summed E-state index contributed by atoms with van der Waals surface area (Å²) in [5.74, 6) is 1.71. The molecule has 5 rings (SSSR count). The van der Waals surface area contributed by atoms with E-state index < -0.39 is 0 Å². The third-order valence-corrected chi connectivity index (χ3v) is 6.03. The van der Waals surface area contributed by atoms with E-state index in [1.165, 1.54) is 30.4 Å². The minimum absolute atomic E-state index is 0.401. The number of benzene rings is 1. The van der Waals surface area contributed by atoms with Crippen molar-refractivity contribution in [1.29, 1.82) is 0 Å². The Morgan fingerprint density at radius 1 is 1.19 bits per heavy atom. The van der Waals surface area contributed by atoms with Crippen LogP contribution in [0.2, 0.25) is 0 Å². The third kappa shape index (κ3) is 3.30. The Kier molecular flexibility index (Phi) is 4.08. The predicted octanol–water partition coefficient (Wildman–Crippen LogP) is 3.04. The molecule has 2 saturated heterocycles. The van der Waals surface area contributed by atoms with Crippen molar-refractivity contribution < 1.29 is 0 Å². The van der Waals surface area contributed by atoms with Crippen molar-refractivity contribution >= 4 is 23.7 Å². The van der Waals surface area contributed by atoms with E-state index in [1.807, 2.05) is 19.2 Å². The van der Waals surface area contributed by atoms with Gasteiger partial charge in [0.2, 0.25) is 5.95 Å². The van der Waals surface area contributed by atoms with E-state index in [1.54, 1.807) is 0 Å². The van der Waals surface area contributed by atoms with Crippen molar-refractivity contribution in [1.82, 2.24) is 15.3 Å². The van der Waals surface area contributed by atoms with Gasteiger partial charge >= 0.3 is 0 Å². The molecule has 2 fully saturated rings. The van der Waals surface area contributed by atoms with Gasteiger partial charge in [-0.25, -0.2) is 4.98 Å². The highest BCUT2D eigenvalue weighted by Crippen LogP contribution is 2.37. The van der Waals surface area contributed by atoms with E-state index in [4.69, 9.17) is 9.97 Å². The highest BCUT2D eigenvalue weighted by atomic mass is 15.3. The molecule has 1 atom stereocenters. The number of piperidine rings is 1. The molecule has 140 valence electrons. The van der Waals surface area contributed by atoms with Crippen LogP contribution in [0.1, 0.15) is 36.1 Å². The highest BCUT2D eigenvalue weighted by Gasteiger charge is 2.39. The summed E-state index contributed by atoms with van der Waals surface area (Å²) in [7, 11) is 0. The van der Waals surface area contributed by atoms with E-state index in [2.05, 4.69) is 38.7 Å². The van der Waals surface area contributed by atoms with Gasteiger partial charge in [-0.2, -0.15) is 4.98 Å². The summed E-state index contributed by atoms with van der Waals surface area (Å²) < 4.78 is 0. The molecule has 1 unspecified atom stereocenters. The molecule has 0 bridgehead atoms. The van der Waals surface area contributed by atoms with Crippen LogP contribution in [0.4, 0.5) is 17.5 Å². The van der Waals surface area contributed by atoms with Gasteiger partial charge in [0.15, 0.2) is 0 Å². The molecule has 3 aliphatic rings. The average Bonchev–Trinajstić information content (AvgIpc) is 3.29. The molecule has 2 N–H and O–H groups in total. The second-order valence-corrected chi connectivity index (χ2v) is 8.15. The molecule has 0 saturated carbocycles. The SMILES string of the molecule is Cc1cc(Nc2ccc3c(c2)C=NC3)nc(N2CCC3(CCCNC3)C2)n1. The van der Waals surface area contributed by atoms with E-state index in [9.17, 15) is 0 Å². The number of aryl methyl sites for hydroxylation is 1. The average molecular weight is 362 g/mol. The number of fused-ring (bicyclic) bond motifs is 1. The summed E-state index contributed by atoms with van der Waals surface area (Å²) in [6, 6.07) is 8.39. The van der Waals surface area contributed by atoms with Gasteiger partial charge in [0, 0.05) is 48.7 Å². The van der Waals surface area contributed by atoms with Crippen LogP contribution in [-0.2, 0) is 6.54 Å². The van der Waals surface area contributed by atoms with Crippen LogP contribution in [0.15, 0.2) is 29.3 Å². The first-order chi connectivity index (χ1) is 13.2. The zero-order chi connectivity index (χ0) is 18.3. The van der Waals surface area contributed by atoms with Crippen LogP contribution in [-0.4, -0.2) is 42.4 Å². The minimum Gasteiger partial charge on any atom is -0.340 e. The molecule has 1 spiro atoms. The zero-order valence-corrected chi connectivity index (χ0v) is 15.8. The lowest BCUT2D eigenvalue weighted by Crippen LogP contribution is -2.42. The fraction of sp³-hybridized carbons (Fsp3) is 0.476. The molecule has 0 amide bonds. The molecule has 1 aromatic heterocycles. The largest absolute Gasteiger partial charge is 0.340 e. The Bertz CT molecular complexity index is 884. The van der Waals surface area contributed by atoms with Gasteiger partial charge < -0.3 is 15.5 Å². The molecule has 4 heterocycles. The van der Waals surface area contributed by atoms with Gasteiger partial charge in [-0.3, -0.25) is 4.99 Å². The molecule has 3 aliphatic heterocycles. The molecule has 1 aromatic carbocycles. The first kappa shape index (κ1) is 16.7. The lowest BCUT2D eigenvalue weighted by Gasteiger charge is -2.33. The van der Waals surface area contributed by atoms with Crippen LogP contribution in [0.25, 0.3) is 0 Å². The number of nitrogens with zero attached hydrogens (tertiary/aromatic N) is 4. The van der Waals surface area contributed by atoms with E-state index in [-0.39, 0.29) is 0 Å². The minimum atomic E-state index is 0.401. The topological polar surface area (TPSA) is 65.4 Å². The first-order valence-electron chi connectivity index (χ1n) is 9.90. The number of nitrogens with one attached hydrogen (secondary N) is 2. The number of aromatic nitrogens is 2. The molecular formula is C21H26N6. The van der Waals surface area contributed by atoms with E-state index in [0.717, 1.165) is 55.9 Å². The Morgan fingerprint density at radius 3 is 3.04 bits per heavy atom. The van der Waals surface area contributed by atoms with Crippen LogP contribution in [0.3, 0.4) is 0 Å². The Balaban J connectivity index is 1.36. The normalized spacial score (nSPS) is 23.8. The van der Waals surface area contributed by atoms with Crippen molar-refractivity contribution in [2.24, 2.45) is 10.4 Å². The molecule has 6 heteroatoms. The molecular weight excluding hydrogens is 336 g/mol. The molecule has 2 aromatic rings. The number of hydrogen-bond acceptors (Lipinski definition) is 6. The number of rotatable bonds is 3. The van der Waals surface area contributed by atoms with Gasteiger partial charge in [0.25, 0.3) is 0 Å². The molecule has 27 heavy (non-hydrogen) atoms. The van der Waals surface area contributed by atoms with Gasteiger partial charge in [-0.05, 0) is 56.0 Å². The quantitative estimate of drug-likeness (QED) is 0.879. The Morgan fingerprint density at radius 2 is 2.15 bits per heavy atom. The maximum Gasteiger partial charge on any atom is 0.227 e. The van der Waals surface area contributed by atoms with Crippen LogP contribution in [0, 0.1) is 12.3 Å². The van der Waals surface area contributed by atoms with Crippen LogP contribution >= 0.6 is 0 Å². The first-order valence-corrected chi connectivity index (χ1v) is 9.90. The van der Waals surface area contributed by atoms with Crippen molar-refractivity contribution in [2.45, 2.75) is 32.7 Å². The van der Waals surface area contributed by atoms with Gasteiger partial charge in [-0.15, -0.1) is 0 Å². The molecule has 0 radical (unpaired) electrons. The highest BCUT2D eigenvalue weighted by molar-refractivity contribution is 5.86. The number of hydrogen-bond donors (Lipinski definition) is 2. The predicted molar refractivity (Wildman–Crippen MR) is 109 cm³/mol. The van der Waals surface area contributed by atoms with Crippen molar-refractivity contribution in [3.8, 4) is 0 Å². The van der Waals surface area contributed by atoms with Crippen molar-refractivity contribution in [3.63, 3.8) is 0 Å². The monoisotopic (exact) mass is 362 g/mol. The fourth-order valence-electron chi connectivity index (χ4n) is 4.57. The fourth-order valence-corrected chi connectivity index (χ4v) is 4.57. The Hall–Kier alpha value is -2.47. The summed E-state index contributed by atoms with van der Waals surface area (Å²) in [6.07, 6.45) is 5.75. The second kappa shape index (κ2) is 6.60. The third-order valence-electron chi connectivity index (χ3n) is 6.03. The zero-order valence-electron chi connectivity index (χ0n) is 15.8. The smallest absolute Gasteiger partial charge is 0.227 e. The van der Waals surface area contributed by atoms with E-state index >= 15 is 0 Å². The maximum absolute atomic E-state index is 4.83. The van der Waals surface area contributed by atoms with Gasteiger partial charge in [0.1, 0.15) is 5.82 Å². The molecule has 0 aliphatic carbocycles. The lowest BCUT2D eigenvalue weighted by molar-refractivity contribution is 0.239.